The van der Waals surface area contributed by atoms with Crippen LogP contribution in [-0.4, -0.2) is 29.5 Å². The Morgan fingerprint density at radius 3 is 2.64 bits per heavy atom. The van der Waals surface area contributed by atoms with Gasteiger partial charge in [0, 0.05) is 41.7 Å². The normalized spacial score (nSPS) is 10.6. The largest absolute Gasteiger partial charge is 0.497 e. The van der Waals surface area contributed by atoms with Crippen LogP contribution < -0.4 is 14.8 Å². The molecule has 7 heteroatoms. The van der Waals surface area contributed by atoms with E-state index in [1.807, 2.05) is 22.2 Å². The number of amides is 1. The molecular formula is C15H15N3O3S. The SMILES string of the molecule is COc1cc(NC(=O)Cc2cn3ccsc3n2)cc(OC)c1. The van der Waals surface area contributed by atoms with Crippen LogP contribution in [0.15, 0.2) is 36.0 Å². The maximum absolute atomic E-state index is 12.1. The average Bonchev–Trinajstić information content (AvgIpc) is 3.07. The molecule has 22 heavy (non-hydrogen) atoms. The first-order chi connectivity index (χ1) is 10.7. The highest BCUT2D eigenvalue weighted by molar-refractivity contribution is 7.15. The van der Waals surface area contributed by atoms with Crippen LogP contribution in [0.25, 0.3) is 4.96 Å². The number of methoxy groups -OCH3 is 2. The van der Waals surface area contributed by atoms with Gasteiger partial charge in [-0.25, -0.2) is 4.98 Å². The number of imidazole rings is 1. The van der Waals surface area contributed by atoms with Gasteiger partial charge in [-0.3, -0.25) is 9.20 Å². The van der Waals surface area contributed by atoms with Crippen LogP contribution in [-0.2, 0) is 11.2 Å². The zero-order valence-electron chi connectivity index (χ0n) is 12.2. The number of carbonyl (C=O) groups excluding carboxylic acids is 1. The summed E-state index contributed by atoms with van der Waals surface area (Å²) in [7, 11) is 3.14. The standard InChI is InChI=1S/C15H15N3O3S/c1-20-12-5-10(6-13(8-12)21-2)16-14(19)7-11-9-18-3-4-22-15(18)17-11/h3-6,8-9H,7H2,1-2H3,(H,16,19). The first-order valence-electron chi connectivity index (χ1n) is 6.62. The van der Waals surface area contributed by atoms with Crippen molar-refractivity contribution >= 4 is 27.9 Å². The van der Waals surface area contributed by atoms with Crippen molar-refractivity contribution in [2.24, 2.45) is 0 Å². The number of rotatable bonds is 5. The zero-order valence-corrected chi connectivity index (χ0v) is 13.0. The third kappa shape index (κ3) is 3.04. The fourth-order valence-electron chi connectivity index (χ4n) is 2.11. The Labute approximate surface area is 131 Å². The van der Waals surface area contributed by atoms with Gasteiger partial charge in [-0.15, -0.1) is 11.3 Å². The van der Waals surface area contributed by atoms with E-state index in [1.165, 1.54) is 11.3 Å². The summed E-state index contributed by atoms with van der Waals surface area (Å²) >= 11 is 1.54. The minimum absolute atomic E-state index is 0.138. The lowest BCUT2D eigenvalue weighted by atomic mass is 10.2. The number of benzene rings is 1. The Morgan fingerprint density at radius 1 is 1.27 bits per heavy atom. The number of ether oxygens (including phenoxy) is 2. The van der Waals surface area contributed by atoms with Gasteiger partial charge in [-0.05, 0) is 0 Å². The van der Waals surface area contributed by atoms with Crippen LogP contribution in [0.4, 0.5) is 5.69 Å². The zero-order chi connectivity index (χ0) is 15.5. The highest BCUT2D eigenvalue weighted by Crippen LogP contribution is 2.25. The lowest BCUT2D eigenvalue weighted by Crippen LogP contribution is -2.14. The van der Waals surface area contributed by atoms with Crippen LogP contribution in [0.5, 0.6) is 11.5 Å². The van der Waals surface area contributed by atoms with Crippen LogP contribution in [0.3, 0.4) is 0 Å². The summed E-state index contributed by atoms with van der Waals surface area (Å²) in [5, 5.41) is 4.78. The molecule has 0 atom stereocenters. The molecule has 0 aliphatic carbocycles. The molecule has 1 aromatic carbocycles. The molecule has 0 unspecified atom stereocenters. The van der Waals surface area contributed by atoms with E-state index in [-0.39, 0.29) is 12.3 Å². The number of nitrogens with one attached hydrogen (secondary N) is 1. The number of nitrogens with zero attached hydrogens (tertiary/aromatic N) is 2. The van der Waals surface area contributed by atoms with Crippen molar-refractivity contribution in [2.45, 2.75) is 6.42 Å². The number of carbonyl (C=O) groups is 1. The summed E-state index contributed by atoms with van der Waals surface area (Å²) in [6, 6.07) is 5.23. The van der Waals surface area contributed by atoms with Gasteiger partial charge in [0.1, 0.15) is 11.5 Å². The van der Waals surface area contributed by atoms with Gasteiger partial charge >= 0.3 is 0 Å². The van der Waals surface area contributed by atoms with E-state index in [0.29, 0.717) is 17.2 Å². The number of thiazole rings is 1. The predicted octanol–water partition coefficient (Wildman–Crippen LogP) is 2.59. The number of aromatic nitrogens is 2. The summed E-state index contributed by atoms with van der Waals surface area (Å²) in [6.45, 7) is 0. The van der Waals surface area contributed by atoms with Gasteiger partial charge in [0.15, 0.2) is 4.96 Å². The van der Waals surface area contributed by atoms with Crippen molar-refractivity contribution in [2.75, 3.05) is 19.5 Å². The van der Waals surface area contributed by atoms with Gasteiger partial charge in [0.05, 0.1) is 26.3 Å². The Hall–Kier alpha value is -2.54. The quantitative estimate of drug-likeness (QED) is 0.785. The van der Waals surface area contributed by atoms with E-state index in [4.69, 9.17) is 9.47 Å². The first-order valence-corrected chi connectivity index (χ1v) is 7.50. The minimum Gasteiger partial charge on any atom is -0.497 e. The topological polar surface area (TPSA) is 64.9 Å². The molecule has 0 radical (unpaired) electrons. The molecule has 0 aliphatic heterocycles. The van der Waals surface area contributed by atoms with E-state index in [1.54, 1.807) is 32.4 Å². The van der Waals surface area contributed by atoms with Gasteiger partial charge in [-0.1, -0.05) is 0 Å². The molecule has 0 fully saturated rings. The molecule has 1 amide bonds. The molecule has 0 saturated carbocycles. The smallest absolute Gasteiger partial charge is 0.230 e. The van der Waals surface area contributed by atoms with Gasteiger partial charge in [-0.2, -0.15) is 0 Å². The second kappa shape index (κ2) is 6.07. The van der Waals surface area contributed by atoms with Crippen LogP contribution in [0, 0.1) is 0 Å². The molecule has 6 nitrogen and oxygen atoms in total. The molecule has 114 valence electrons. The first kappa shape index (κ1) is 14.4. The van der Waals surface area contributed by atoms with E-state index in [0.717, 1.165) is 10.7 Å². The average molecular weight is 317 g/mol. The van der Waals surface area contributed by atoms with Crippen molar-refractivity contribution in [3.8, 4) is 11.5 Å². The highest BCUT2D eigenvalue weighted by atomic mass is 32.1. The van der Waals surface area contributed by atoms with Gasteiger partial charge in [0.25, 0.3) is 0 Å². The third-order valence-electron chi connectivity index (χ3n) is 3.12. The molecule has 1 N–H and O–H groups in total. The lowest BCUT2D eigenvalue weighted by Gasteiger charge is -2.09. The monoisotopic (exact) mass is 317 g/mol. The number of anilines is 1. The van der Waals surface area contributed by atoms with Crippen molar-refractivity contribution in [3.63, 3.8) is 0 Å². The van der Waals surface area contributed by atoms with Crippen LogP contribution in [0.2, 0.25) is 0 Å². The van der Waals surface area contributed by atoms with Gasteiger partial charge in [0.2, 0.25) is 5.91 Å². The number of hydrogen-bond acceptors (Lipinski definition) is 5. The van der Waals surface area contributed by atoms with Crippen molar-refractivity contribution in [1.82, 2.24) is 9.38 Å². The van der Waals surface area contributed by atoms with Gasteiger partial charge < -0.3 is 14.8 Å². The van der Waals surface area contributed by atoms with Crippen molar-refractivity contribution < 1.29 is 14.3 Å². The second-order valence-electron chi connectivity index (χ2n) is 4.65. The molecule has 0 saturated heterocycles. The fraction of sp³-hybridized carbons (Fsp3) is 0.200. The van der Waals surface area contributed by atoms with Crippen molar-refractivity contribution in [3.05, 3.63) is 41.7 Å². The summed E-state index contributed by atoms with van der Waals surface area (Å²) in [4.78, 5) is 17.4. The predicted molar refractivity (Wildman–Crippen MR) is 84.9 cm³/mol. The maximum atomic E-state index is 12.1. The Kier molecular flexibility index (Phi) is 3.97. The van der Waals surface area contributed by atoms with E-state index < -0.39 is 0 Å². The number of hydrogen-bond donors (Lipinski definition) is 1. The Bertz CT molecular complexity index is 759. The Balaban J connectivity index is 1.72. The lowest BCUT2D eigenvalue weighted by molar-refractivity contribution is -0.115. The van der Waals surface area contributed by atoms with Crippen molar-refractivity contribution in [1.29, 1.82) is 0 Å². The summed E-state index contributed by atoms with van der Waals surface area (Å²) in [6.07, 6.45) is 3.99. The third-order valence-corrected chi connectivity index (χ3v) is 3.89. The second-order valence-corrected chi connectivity index (χ2v) is 5.52. The van der Waals surface area contributed by atoms with E-state index in [2.05, 4.69) is 10.3 Å². The molecule has 0 spiro atoms. The van der Waals surface area contributed by atoms with Crippen LogP contribution in [0.1, 0.15) is 5.69 Å². The Morgan fingerprint density at radius 2 is 2.00 bits per heavy atom. The summed E-state index contributed by atoms with van der Waals surface area (Å²) < 4.78 is 12.3. The molecule has 2 aromatic heterocycles. The maximum Gasteiger partial charge on any atom is 0.230 e. The molecule has 3 aromatic rings. The molecule has 0 bridgehead atoms. The molecule has 3 rings (SSSR count). The van der Waals surface area contributed by atoms with E-state index in [9.17, 15) is 4.79 Å². The molecule has 0 aliphatic rings. The minimum atomic E-state index is -0.138. The summed E-state index contributed by atoms with van der Waals surface area (Å²) in [5.41, 5.74) is 1.36. The summed E-state index contributed by atoms with van der Waals surface area (Å²) in [5.74, 6) is 1.11. The fourth-order valence-corrected chi connectivity index (χ4v) is 2.83. The molecular weight excluding hydrogens is 302 g/mol. The number of fused-ring (bicyclic) bond motifs is 1. The van der Waals surface area contributed by atoms with Crippen LogP contribution >= 0.6 is 11.3 Å². The van der Waals surface area contributed by atoms with E-state index >= 15 is 0 Å². The highest BCUT2D eigenvalue weighted by Gasteiger charge is 2.10. The molecule has 2 heterocycles.